The predicted octanol–water partition coefficient (Wildman–Crippen LogP) is 3.56. The molecule has 1 N–H and O–H groups in total. The molecule has 0 aliphatic rings. The molecule has 3 aromatic rings. The van der Waals surface area contributed by atoms with Crippen LogP contribution in [0.2, 0.25) is 0 Å². The molecule has 0 saturated carbocycles. The van der Waals surface area contributed by atoms with Gasteiger partial charge in [0.2, 0.25) is 5.91 Å². The molecule has 0 aliphatic carbocycles. The van der Waals surface area contributed by atoms with Gasteiger partial charge in [-0.2, -0.15) is 18.3 Å². The van der Waals surface area contributed by atoms with E-state index < -0.39 is 30.1 Å². The van der Waals surface area contributed by atoms with Gasteiger partial charge >= 0.3 is 6.18 Å². The molecule has 7 nitrogen and oxygen atoms in total. The number of carbonyl (C=O) groups excluding carboxylic acids is 1. The highest BCUT2D eigenvalue weighted by molar-refractivity contribution is 9.10. The Morgan fingerprint density at radius 1 is 1.31 bits per heavy atom. The van der Waals surface area contributed by atoms with Gasteiger partial charge in [0, 0.05) is 17.1 Å². The molecular weight excluding hydrogens is 455 g/mol. The summed E-state index contributed by atoms with van der Waals surface area (Å²) in [5, 5.41) is 6.97. The molecule has 2 heterocycles. The fraction of sp³-hybridized carbons (Fsp3) is 0.278. The van der Waals surface area contributed by atoms with Gasteiger partial charge in [-0.05, 0) is 47.5 Å². The number of aryl methyl sites for hydroxylation is 1. The first-order chi connectivity index (χ1) is 13.6. The van der Waals surface area contributed by atoms with Gasteiger partial charge in [0.25, 0.3) is 5.56 Å². The molecule has 0 spiro atoms. The fourth-order valence-electron chi connectivity index (χ4n) is 2.67. The maximum atomic E-state index is 13.0. The highest BCUT2D eigenvalue weighted by Gasteiger charge is 2.37. The lowest BCUT2D eigenvalue weighted by Crippen LogP contribution is -2.30. The summed E-state index contributed by atoms with van der Waals surface area (Å²) in [6.45, 7) is 2.37. The van der Waals surface area contributed by atoms with Crippen LogP contribution in [-0.2, 0) is 11.3 Å². The van der Waals surface area contributed by atoms with Crippen molar-refractivity contribution in [2.24, 2.45) is 0 Å². The Hall–Kier alpha value is -2.82. The molecule has 1 atom stereocenters. The first-order valence-electron chi connectivity index (χ1n) is 8.41. The largest absolute Gasteiger partial charge is 0.395 e. The number of hydrogen-bond donors (Lipinski definition) is 1. The van der Waals surface area contributed by atoms with Crippen molar-refractivity contribution in [1.82, 2.24) is 19.7 Å². The third-order valence-corrected chi connectivity index (χ3v) is 4.96. The van der Waals surface area contributed by atoms with Crippen LogP contribution in [0.3, 0.4) is 0 Å². The van der Waals surface area contributed by atoms with E-state index in [9.17, 15) is 22.8 Å². The van der Waals surface area contributed by atoms with Crippen molar-refractivity contribution in [2.45, 2.75) is 32.5 Å². The second kappa shape index (κ2) is 7.90. The Bertz CT molecular complexity index is 1150. The van der Waals surface area contributed by atoms with Crippen molar-refractivity contribution in [2.75, 3.05) is 5.32 Å². The lowest BCUT2D eigenvalue weighted by atomic mass is 9.98. The Morgan fingerprint density at radius 3 is 2.69 bits per heavy atom. The van der Waals surface area contributed by atoms with Crippen LogP contribution in [-0.4, -0.2) is 31.8 Å². The van der Waals surface area contributed by atoms with E-state index >= 15 is 0 Å². The standard InChI is InChI=1S/C18H15BrF3N5O2/c1-9-6-23-8-24-16(9)25-14(28)7-27-17(29)12-4-3-11(10(2)18(20,21)22)5-13(12)15(19)26-27/h3-6,8,10H,7H2,1-2H3,(H,23,24,25,28)/t10-/m0/s1. The summed E-state index contributed by atoms with van der Waals surface area (Å²) < 4.78 is 40.0. The van der Waals surface area contributed by atoms with Crippen LogP contribution in [0.15, 0.2) is 40.1 Å². The highest BCUT2D eigenvalue weighted by Crippen LogP contribution is 2.35. The van der Waals surface area contributed by atoms with Gasteiger partial charge < -0.3 is 5.32 Å². The van der Waals surface area contributed by atoms with Crippen molar-refractivity contribution in [3.8, 4) is 0 Å². The van der Waals surface area contributed by atoms with Crippen molar-refractivity contribution >= 4 is 38.4 Å². The Kier molecular flexibility index (Phi) is 5.69. The molecule has 152 valence electrons. The number of amides is 1. The van der Waals surface area contributed by atoms with Gasteiger partial charge in [-0.1, -0.05) is 6.07 Å². The predicted molar refractivity (Wildman–Crippen MR) is 104 cm³/mol. The molecule has 1 amide bonds. The second-order valence-electron chi connectivity index (χ2n) is 6.42. The smallest absolute Gasteiger partial charge is 0.309 e. The molecule has 0 saturated heterocycles. The average molecular weight is 470 g/mol. The number of halogens is 4. The average Bonchev–Trinajstić information content (AvgIpc) is 2.66. The lowest BCUT2D eigenvalue weighted by molar-refractivity contribution is -0.146. The zero-order valence-corrected chi connectivity index (χ0v) is 16.9. The lowest BCUT2D eigenvalue weighted by Gasteiger charge is -2.17. The molecule has 0 aliphatic heterocycles. The molecule has 2 aromatic heterocycles. The number of carbonyl (C=O) groups is 1. The second-order valence-corrected chi connectivity index (χ2v) is 7.18. The van der Waals surface area contributed by atoms with E-state index in [2.05, 4.69) is 36.3 Å². The fourth-order valence-corrected chi connectivity index (χ4v) is 3.19. The highest BCUT2D eigenvalue weighted by atomic mass is 79.9. The topological polar surface area (TPSA) is 89.8 Å². The molecular formula is C18H15BrF3N5O2. The van der Waals surface area contributed by atoms with Crippen LogP contribution in [0.5, 0.6) is 0 Å². The van der Waals surface area contributed by atoms with E-state index in [4.69, 9.17) is 0 Å². The number of benzene rings is 1. The van der Waals surface area contributed by atoms with Crippen LogP contribution < -0.4 is 10.9 Å². The van der Waals surface area contributed by atoms with E-state index in [-0.39, 0.29) is 20.9 Å². The molecule has 29 heavy (non-hydrogen) atoms. The van der Waals surface area contributed by atoms with Gasteiger partial charge in [-0.25, -0.2) is 14.6 Å². The molecule has 0 bridgehead atoms. The summed E-state index contributed by atoms with van der Waals surface area (Å²) in [5.74, 6) is -1.92. The first-order valence-corrected chi connectivity index (χ1v) is 9.20. The Morgan fingerprint density at radius 2 is 2.03 bits per heavy atom. The molecule has 3 rings (SSSR count). The Labute approximate surface area is 171 Å². The van der Waals surface area contributed by atoms with Gasteiger partial charge in [-0.15, -0.1) is 0 Å². The van der Waals surface area contributed by atoms with Gasteiger partial charge in [0.1, 0.15) is 23.3 Å². The summed E-state index contributed by atoms with van der Waals surface area (Å²) in [6, 6.07) is 3.84. The molecule has 0 unspecified atom stereocenters. The monoisotopic (exact) mass is 469 g/mol. The summed E-state index contributed by atoms with van der Waals surface area (Å²) in [5.41, 5.74) is 0.0674. The van der Waals surface area contributed by atoms with Crippen molar-refractivity contribution in [3.05, 3.63) is 56.8 Å². The van der Waals surface area contributed by atoms with E-state index in [1.54, 1.807) is 6.92 Å². The maximum Gasteiger partial charge on any atom is 0.395 e. The number of rotatable bonds is 4. The molecule has 0 fully saturated rings. The van der Waals surface area contributed by atoms with Gasteiger partial charge in [0.05, 0.1) is 11.3 Å². The normalized spacial score (nSPS) is 12.8. The summed E-state index contributed by atoms with van der Waals surface area (Å²) in [7, 11) is 0. The van der Waals surface area contributed by atoms with Crippen LogP contribution >= 0.6 is 15.9 Å². The van der Waals surface area contributed by atoms with Crippen molar-refractivity contribution in [3.63, 3.8) is 0 Å². The van der Waals surface area contributed by atoms with Crippen LogP contribution in [0, 0.1) is 6.92 Å². The quantitative estimate of drug-likeness (QED) is 0.630. The SMILES string of the molecule is Cc1cncnc1NC(=O)Cn1nc(Br)c2cc([C@H](C)C(F)(F)F)ccc2c1=O. The number of nitrogens with zero attached hydrogens (tertiary/aromatic N) is 4. The minimum Gasteiger partial charge on any atom is -0.309 e. The number of nitrogens with one attached hydrogen (secondary N) is 1. The molecule has 11 heteroatoms. The number of alkyl halides is 3. The number of fused-ring (bicyclic) bond motifs is 1. The maximum absolute atomic E-state index is 13.0. The third kappa shape index (κ3) is 4.44. The minimum atomic E-state index is -4.40. The molecule has 1 aromatic carbocycles. The van der Waals surface area contributed by atoms with Crippen molar-refractivity contribution in [1.29, 1.82) is 0 Å². The zero-order valence-electron chi connectivity index (χ0n) is 15.3. The number of hydrogen-bond acceptors (Lipinski definition) is 5. The van der Waals surface area contributed by atoms with Crippen LogP contribution in [0.25, 0.3) is 10.8 Å². The Balaban J connectivity index is 1.92. The van der Waals surface area contributed by atoms with Crippen LogP contribution in [0.4, 0.5) is 19.0 Å². The van der Waals surface area contributed by atoms with Gasteiger partial charge in [0.15, 0.2) is 0 Å². The minimum absolute atomic E-state index is 0.0154. The summed E-state index contributed by atoms with van der Waals surface area (Å²) in [4.78, 5) is 32.7. The number of anilines is 1. The van der Waals surface area contributed by atoms with Gasteiger partial charge in [-0.3, -0.25) is 9.59 Å². The number of aromatic nitrogens is 4. The summed E-state index contributed by atoms with van der Waals surface area (Å²) >= 11 is 3.18. The van der Waals surface area contributed by atoms with E-state index in [0.717, 1.165) is 11.6 Å². The van der Waals surface area contributed by atoms with Crippen LogP contribution in [0.1, 0.15) is 24.0 Å². The van der Waals surface area contributed by atoms with E-state index in [1.807, 2.05) is 0 Å². The zero-order chi connectivity index (χ0) is 21.3. The molecule has 0 radical (unpaired) electrons. The van der Waals surface area contributed by atoms with E-state index in [0.29, 0.717) is 11.4 Å². The summed E-state index contributed by atoms with van der Waals surface area (Å²) in [6.07, 6.45) is -1.60. The first kappa shape index (κ1) is 20.9. The van der Waals surface area contributed by atoms with E-state index in [1.165, 1.54) is 30.7 Å². The van der Waals surface area contributed by atoms with Crippen molar-refractivity contribution < 1.29 is 18.0 Å². The third-order valence-electron chi connectivity index (χ3n) is 4.38.